The van der Waals surface area contributed by atoms with Crippen LogP contribution in [0.5, 0.6) is 0 Å². The van der Waals surface area contributed by atoms with E-state index < -0.39 is 0 Å². The van der Waals surface area contributed by atoms with Crippen molar-refractivity contribution in [1.82, 2.24) is 4.90 Å². The van der Waals surface area contributed by atoms with Crippen LogP contribution in [0.25, 0.3) is 0 Å². The minimum atomic E-state index is 0.317. The maximum atomic E-state index is 11.9. The second-order valence-electron chi connectivity index (χ2n) is 9.70. The van der Waals surface area contributed by atoms with Gasteiger partial charge in [0.25, 0.3) is 0 Å². The van der Waals surface area contributed by atoms with Crippen molar-refractivity contribution in [3.05, 3.63) is 0 Å². The lowest BCUT2D eigenvalue weighted by Gasteiger charge is -2.59. The molecule has 0 aliphatic heterocycles. The van der Waals surface area contributed by atoms with Gasteiger partial charge >= 0.3 is 0 Å². The molecule has 2 nitrogen and oxygen atoms in total. The maximum absolute atomic E-state index is 11.9. The third kappa shape index (κ3) is 3.03. The zero-order chi connectivity index (χ0) is 16.7. The van der Waals surface area contributed by atoms with Crippen LogP contribution in [0.3, 0.4) is 0 Å². The molecular formula is C22H37NO. The van der Waals surface area contributed by atoms with Crippen molar-refractivity contribution < 1.29 is 4.79 Å². The number of carbonyl (C=O) groups excluding carboxylic acids is 1. The highest BCUT2D eigenvalue weighted by Gasteiger charge is 2.53. The van der Waals surface area contributed by atoms with Crippen LogP contribution in [0, 0.1) is 41.4 Å². The van der Waals surface area contributed by atoms with Gasteiger partial charge in [-0.15, -0.1) is 0 Å². The smallest absolute Gasteiger partial charge is 0.222 e. The molecular weight excluding hydrogens is 294 g/mol. The number of nitrogens with zero attached hydrogens (tertiary/aromatic N) is 1. The molecule has 4 aliphatic carbocycles. The summed E-state index contributed by atoms with van der Waals surface area (Å²) < 4.78 is 0. The van der Waals surface area contributed by atoms with Crippen molar-refractivity contribution in [2.45, 2.75) is 77.0 Å². The Morgan fingerprint density at radius 1 is 0.833 bits per heavy atom. The summed E-state index contributed by atoms with van der Waals surface area (Å²) in [5.74, 6) is 7.68. The van der Waals surface area contributed by atoms with Gasteiger partial charge in [0.2, 0.25) is 5.91 Å². The predicted octanol–water partition coefficient (Wildman–Crippen LogP) is 5.12. The predicted molar refractivity (Wildman–Crippen MR) is 98.5 cm³/mol. The molecule has 4 aliphatic rings. The molecule has 1 amide bonds. The summed E-state index contributed by atoms with van der Waals surface area (Å²) in [6.07, 6.45) is 16.9. The molecule has 24 heavy (non-hydrogen) atoms. The molecule has 0 spiro atoms. The molecule has 4 fully saturated rings. The molecule has 7 unspecified atom stereocenters. The van der Waals surface area contributed by atoms with Gasteiger partial charge in [-0.1, -0.05) is 19.3 Å². The SMILES string of the molecule is CN(C)C(=O)CCCC1CCC2CCC3CCCC4CCC1C2C34. The summed E-state index contributed by atoms with van der Waals surface area (Å²) in [4.78, 5) is 13.6. The molecule has 0 aromatic rings. The lowest BCUT2D eigenvalue weighted by molar-refractivity contribution is -0.129. The molecule has 0 aromatic carbocycles. The molecule has 4 saturated carbocycles. The van der Waals surface area contributed by atoms with E-state index in [1.807, 2.05) is 14.1 Å². The van der Waals surface area contributed by atoms with Crippen molar-refractivity contribution in [3.63, 3.8) is 0 Å². The molecule has 0 aromatic heterocycles. The number of amides is 1. The van der Waals surface area contributed by atoms with E-state index in [9.17, 15) is 4.79 Å². The zero-order valence-electron chi connectivity index (χ0n) is 15.9. The first kappa shape index (κ1) is 16.9. The molecule has 7 atom stereocenters. The first-order valence-electron chi connectivity index (χ1n) is 10.8. The van der Waals surface area contributed by atoms with Gasteiger partial charge in [0.1, 0.15) is 0 Å². The minimum absolute atomic E-state index is 0.317. The fourth-order valence-corrected chi connectivity index (χ4v) is 7.51. The van der Waals surface area contributed by atoms with Gasteiger partial charge in [-0.05, 0) is 92.8 Å². The van der Waals surface area contributed by atoms with E-state index >= 15 is 0 Å². The van der Waals surface area contributed by atoms with Crippen LogP contribution >= 0.6 is 0 Å². The van der Waals surface area contributed by atoms with E-state index in [-0.39, 0.29) is 0 Å². The molecule has 136 valence electrons. The highest BCUT2D eigenvalue weighted by atomic mass is 16.2. The Kier molecular flexibility index (Phi) is 4.93. The van der Waals surface area contributed by atoms with Crippen LogP contribution in [-0.4, -0.2) is 24.9 Å². The van der Waals surface area contributed by atoms with Crippen molar-refractivity contribution in [2.24, 2.45) is 41.4 Å². The van der Waals surface area contributed by atoms with Gasteiger partial charge in [0.05, 0.1) is 0 Å². The van der Waals surface area contributed by atoms with E-state index in [4.69, 9.17) is 0 Å². The van der Waals surface area contributed by atoms with Crippen LogP contribution in [0.15, 0.2) is 0 Å². The highest BCUT2D eigenvalue weighted by Crippen LogP contribution is 2.61. The van der Waals surface area contributed by atoms with Crippen LogP contribution in [-0.2, 0) is 4.79 Å². The van der Waals surface area contributed by atoms with Crippen LogP contribution in [0.1, 0.15) is 77.0 Å². The minimum Gasteiger partial charge on any atom is -0.349 e. The Balaban J connectivity index is 1.41. The van der Waals surface area contributed by atoms with E-state index in [0.29, 0.717) is 5.91 Å². The van der Waals surface area contributed by atoms with Gasteiger partial charge in [-0.2, -0.15) is 0 Å². The summed E-state index contributed by atoms with van der Waals surface area (Å²) >= 11 is 0. The summed E-state index contributed by atoms with van der Waals surface area (Å²) in [5, 5.41) is 0. The molecule has 4 rings (SSSR count). The molecule has 0 heterocycles. The number of hydrogen-bond acceptors (Lipinski definition) is 1. The van der Waals surface area contributed by atoms with Gasteiger partial charge in [0.15, 0.2) is 0 Å². The fourth-order valence-electron chi connectivity index (χ4n) is 7.51. The number of rotatable bonds is 4. The number of carbonyl (C=O) groups is 1. The van der Waals surface area contributed by atoms with Crippen molar-refractivity contribution >= 4 is 5.91 Å². The fraction of sp³-hybridized carbons (Fsp3) is 0.955. The first-order chi connectivity index (χ1) is 11.6. The Hall–Kier alpha value is -0.530. The first-order valence-corrected chi connectivity index (χ1v) is 10.8. The molecule has 2 heteroatoms. The lowest BCUT2D eigenvalue weighted by atomic mass is 9.46. The normalized spacial score (nSPS) is 43.8. The standard InChI is InChI=1S/C22H37NO/c1-23(2)20(24)8-4-5-15-9-10-18-12-11-16-6-3-7-17-13-14-19(15)22(18)21(16)17/h15-19,21-22H,3-14H2,1-2H3. The zero-order valence-corrected chi connectivity index (χ0v) is 15.9. The second-order valence-corrected chi connectivity index (χ2v) is 9.70. The summed E-state index contributed by atoms with van der Waals surface area (Å²) in [6.45, 7) is 0. The summed E-state index contributed by atoms with van der Waals surface area (Å²) in [6, 6.07) is 0. The molecule has 0 N–H and O–H groups in total. The Labute approximate surface area is 148 Å². The highest BCUT2D eigenvalue weighted by molar-refractivity contribution is 5.75. The summed E-state index contributed by atoms with van der Waals surface area (Å²) in [7, 11) is 3.78. The third-order valence-electron chi connectivity index (χ3n) is 8.48. The molecule has 0 bridgehead atoms. The van der Waals surface area contributed by atoms with E-state index in [0.717, 1.165) is 54.3 Å². The molecule has 0 radical (unpaired) electrons. The maximum Gasteiger partial charge on any atom is 0.222 e. The largest absolute Gasteiger partial charge is 0.349 e. The van der Waals surface area contributed by atoms with E-state index in [1.165, 1.54) is 38.5 Å². The van der Waals surface area contributed by atoms with Crippen molar-refractivity contribution in [2.75, 3.05) is 14.1 Å². The van der Waals surface area contributed by atoms with Crippen LogP contribution < -0.4 is 0 Å². The summed E-state index contributed by atoms with van der Waals surface area (Å²) in [5.41, 5.74) is 0. The lowest BCUT2D eigenvalue weighted by Crippen LogP contribution is -2.51. The average Bonchev–Trinajstić information content (AvgIpc) is 2.60. The monoisotopic (exact) mass is 331 g/mol. The topological polar surface area (TPSA) is 20.3 Å². The molecule has 0 saturated heterocycles. The van der Waals surface area contributed by atoms with Gasteiger partial charge in [0, 0.05) is 20.5 Å². The van der Waals surface area contributed by atoms with Crippen LogP contribution in [0.4, 0.5) is 0 Å². The van der Waals surface area contributed by atoms with Crippen molar-refractivity contribution in [3.8, 4) is 0 Å². The van der Waals surface area contributed by atoms with Gasteiger partial charge in [-0.25, -0.2) is 0 Å². The Morgan fingerprint density at radius 2 is 1.46 bits per heavy atom. The van der Waals surface area contributed by atoms with Crippen LogP contribution in [0.2, 0.25) is 0 Å². The van der Waals surface area contributed by atoms with Crippen molar-refractivity contribution in [1.29, 1.82) is 0 Å². The third-order valence-corrected chi connectivity index (χ3v) is 8.48. The van der Waals surface area contributed by atoms with Gasteiger partial charge < -0.3 is 4.90 Å². The Morgan fingerprint density at radius 3 is 2.17 bits per heavy atom. The Bertz CT molecular complexity index is 453. The van der Waals surface area contributed by atoms with E-state index in [2.05, 4.69) is 0 Å². The van der Waals surface area contributed by atoms with Gasteiger partial charge in [-0.3, -0.25) is 4.79 Å². The number of hydrogen-bond donors (Lipinski definition) is 0. The second kappa shape index (κ2) is 7.00. The quantitative estimate of drug-likeness (QED) is 0.700. The average molecular weight is 332 g/mol. The van der Waals surface area contributed by atoms with E-state index in [1.54, 1.807) is 30.6 Å².